The highest BCUT2D eigenvalue weighted by Gasteiger charge is 2.41. The Hall–Kier alpha value is -1.32. The second kappa shape index (κ2) is 5.12. The maximum Gasteiger partial charge on any atom is 0.225 e. The van der Waals surface area contributed by atoms with Gasteiger partial charge < -0.3 is 10.1 Å². The maximum atomic E-state index is 5.38. The summed E-state index contributed by atoms with van der Waals surface area (Å²) in [7, 11) is 0. The smallest absolute Gasteiger partial charge is 0.225 e. The molecular weight excluding hydrogens is 226 g/mol. The van der Waals surface area contributed by atoms with Crippen molar-refractivity contribution in [3.63, 3.8) is 0 Å². The van der Waals surface area contributed by atoms with E-state index in [4.69, 9.17) is 4.74 Å². The van der Waals surface area contributed by atoms with E-state index in [2.05, 4.69) is 15.3 Å². The highest BCUT2D eigenvalue weighted by atomic mass is 16.5. The van der Waals surface area contributed by atoms with Crippen molar-refractivity contribution in [3.8, 4) is 5.88 Å². The van der Waals surface area contributed by atoms with Crippen molar-refractivity contribution in [3.05, 3.63) is 12.3 Å². The van der Waals surface area contributed by atoms with Gasteiger partial charge in [0.25, 0.3) is 0 Å². The fourth-order valence-electron chi connectivity index (χ4n) is 2.63. The van der Waals surface area contributed by atoms with E-state index in [1.807, 2.05) is 6.92 Å². The Bertz CT molecular complexity index is 390. The molecule has 3 rings (SSSR count). The standard InChI is InChI=1S/C14H21N3O/c1-2-18-13-7-8-15-14(17-13)16-9-12(10-3-4-10)11-5-6-11/h7-8,10-12H,2-6,9H2,1H3,(H,15,16,17). The topological polar surface area (TPSA) is 47.0 Å². The van der Waals surface area contributed by atoms with Crippen LogP contribution in [0.5, 0.6) is 5.88 Å². The van der Waals surface area contributed by atoms with Gasteiger partial charge >= 0.3 is 0 Å². The van der Waals surface area contributed by atoms with Crippen LogP contribution in [0.2, 0.25) is 0 Å². The first-order valence-electron chi connectivity index (χ1n) is 7.06. The molecule has 1 aromatic rings. The van der Waals surface area contributed by atoms with Gasteiger partial charge in [-0.3, -0.25) is 0 Å². The van der Waals surface area contributed by atoms with Crippen LogP contribution in [0.25, 0.3) is 0 Å². The minimum atomic E-state index is 0.642. The number of rotatable bonds is 7. The highest BCUT2D eigenvalue weighted by Crippen LogP contribution is 2.49. The first kappa shape index (κ1) is 11.8. The Morgan fingerprint density at radius 3 is 2.67 bits per heavy atom. The lowest BCUT2D eigenvalue weighted by atomic mass is 9.98. The van der Waals surface area contributed by atoms with Gasteiger partial charge in [-0.2, -0.15) is 4.98 Å². The number of hydrogen-bond donors (Lipinski definition) is 1. The number of nitrogens with zero attached hydrogens (tertiary/aromatic N) is 2. The average Bonchev–Trinajstić information content (AvgIpc) is 3.25. The molecule has 2 aliphatic rings. The van der Waals surface area contributed by atoms with Crippen molar-refractivity contribution in [2.24, 2.45) is 17.8 Å². The third-order valence-corrected chi connectivity index (χ3v) is 3.87. The van der Waals surface area contributed by atoms with Crippen LogP contribution >= 0.6 is 0 Å². The van der Waals surface area contributed by atoms with E-state index in [0.717, 1.165) is 24.3 Å². The number of ether oxygens (including phenoxy) is 1. The molecule has 0 atom stereocenters. The summed E-state index contributed by atoms with van der Waals surface area (Å²) >= 11 is 0. The van der Waals surface area contributed by atoms with Crippen molar-refractivity contribution in [1.82, 2.24) is 9.97 Å². The third kappa shape index (κ3) is 2.92. The molecule has 2 fully saturated rings. The van der Waals surface area contributed by atoms with Crippen LogP contribution in [-0.4, -0.2) is 23.1 Å². The molecule has 98 valence electrons. The normalized spacial score (nSPS) is 19.0. The average molecular weight is 247 g/mol. The van der Waals surface area contributed by atoms with Crippen LogP contribution < -0.4 is 10.1 Å². The fourth-order valence-corrected chi connectivity index (χ4v) is 2.63. The lowest BCUT2D eigenvalue weighted by Crippen LogP contribution is -2.19. The summed E-state index contributed by atoms with van der Waals surface area (Å²) in [5.41, 5.74) is 0. The zero-order valence-electron chi connectivity index (χ0n) is 10.9. The van der Waals surface area contributed by atoms with E-state index in [-0.39, 0.29) is 0 Å². The molecule has 0 spiro atoms. The van der Waals surface area contributed by atoms with Gasteiger partial charge in [-0.05, 0) is 50.4 Å². The molecular formula is C14H21N3O. The summed E-state index contributed by atoms with van der Waals surface area (Å²) in [6.07, 6.45) is 7.43. The number of aromatic nitrogens is 2. The molecule has 18 heavy (non-hydrogen) atoms. The second-order valence-corrected chi connectivity index (χ2v) is 5.37. The summed E-state index contributed by atoms with van der Waals surface area (Å²) in [6, 6.07) is 1.80. The van der Waals surface area contributed by atoms with Crippen molar-refractivity contribution >= 4 is 5.95 Å². The lowest BCUT2D eigenvalue weighted by molar-refractivity contribution is 0.326. The van der Waals surface area contributed by atoms with Crippen LogP contribution in [0.1, 0.15) is 32.6 Å². The predicted octanol–water partition coefficient (Wildman–Crippen LogP) is 2.72. The van der Waals surface area contributed by atoms with Crippen LogP contribution in [0.4, 0.5) is 5.95 Å². The van der Waals surface area contributed by atoms with Gasteiger partial charge in [0.2, 0.25) is 11.8 Å². The van der Waals surface area contributed by atoms with E-state index in [0.29, 0.717) is 18.4 Å². The second-order valence-electron chi connectivity index (χ2n) is 5.37. The first-order chi connectivity index (χ1) is 8.86. The third-order valence-electron chi connectivity index (χ3n) is 3.87. The van der Waals surface area contributed by atoms with Crippen LogP contribution in [0.3, 0.4) is 0 Å². The molecule has 0 saturated heterocycles. The Morgan fingerprint density at radius 2 is 2.06 bits per heavy atom. The molecule has 1 aromatic heterocycles. The summed E-state index contributed by atoms with van der Waals surface area (Å²) in [5, 5.41) is 3.38. The van der Waals surface area contributed by atoms with Gasteiger partial charge in [-0.15, -0.1) is 0 Å². The van der Waals surface area contributed by atoms with Gasteiger partial charge in [-0.1, -0.05) is 0 Å². The Kier molecular flexibility index (Phi) is 3.35. The first-order valence-corrected chi connectivity index (χ1v) is 7.06. The minimum Gasteiger partial charge on any atom is -0.478 e. The molecule has 0 amide bonds. The minimum absolute atomic E-state index is 0.642. The molecule has 0 bridgehead atoms. The van der Waals surface area contributed by atoms with Gasteiger partial charge in [0.15, 0.2) is 0 Å². The van der Waals surface area contributed by atoms with E-state index in [9.17, 15) is 0 Å². The number of anilines is 1. The highest BCUT2D eigenvalue weighted by molar-refractivity contribution is 5.27. The molecule has 0 radical (unpaired) electrons. The Labute approximate surface area is 108 Å². The molecule has 4 nitrogen and oxygen atoms in total. The Morgan fingerprint density at radius 1 is 1.33 bits per heavy atom. The molecule has 0 unspecified atom stereocenters. The van der Waals surface area contributed by atoms with Crippen LogP contribution in [0.15, 0.2) is 12.3 Å². The van der Waals surface area contributed by atoms with Crippen molar-refractivity contribution in [2.45, 2.75) is 32.6 Å². The fraction of sp³-hybridized carbons (Fsp3) is 0.714. The largest absolute Gasteiger partial charge is 0.478 e. The molecule has 0 aromatic carbocycles. The van der Waals surface area contributed by atoms with E-state index in [1.54, 1.807) is 12.3 Å². The SMILES string of the molecule is CCOc1ccnc(NCC(C2CC2)C2CC2)n1. The summed E-state index contributed by atoms with van der Waals surface area (Å²) in [5.74, 6) is 4.11. The number of hydrogen-bond acceptors (Lipinski definition) is 4. The molecule has 2 saturated carbocycles. The summed E-state index contributed by atoms with van der Waals surface area (Å²) in [6.45, 7) is 3.62. The van der Waals surface area contributed by atoms with Gasteiger partial charge in [0.05, 0.1) is 6.61 Å². The summed E-state index contributed by atoms with van der Waals surface area (Å²) < 4.78 is 5.38. The van der Waals surface area contributed by atoms with E-state index in [1.165, 1.54) is 25.7 Å². The van der Waals surface area contributed by atoms with Gasteiger partial charge in [0.1, 0.15) is 0 Å². The van der Waals surface area contributed by atoms with Crippen molar-refractivity contribution in [1.29, 1.82) is 0 Å². The van der Waals surface area contributed by atoms with Gasteiger partial charge in [-0.25, -0.2) is 4.98 Å². The van der Waals surface area contributed by atoms with Crippen LogP contribution in [-0.2, 0) is 0 Å². The van der Waals surface area contributed by atoms with Gasteiger partial charge in [0, 0.05) is 18.8 Å². The predicted molar refractivity (Wildman–Crippen MR) is 70.6 cm³/mol. The summed E-state index contributed by atoms with van der Waals surface area (Å²) in [4.78, 5) is 8.60. The zero-order chi connectivity index (χ0) is 12.4. The molecule has 1 N–H and O–H groups in total. The monoisotopic (exact) mass is 247 g/mol. The zero-order valence-corrected chi connectivity index (χ0v) is 10.9. The number of nitrogens with one attached hydrogen (secondary N) is 1. The quantitative estimate of drug-likeness (QED) is 0.804. The maximum absolute atomic E-state index is 5.38. The molecule has 2 aliphatic carbocycles. The van der Waals surface area contributed by atoms with Crippen molar-refractivity contribution < 1.29 is 4.74 Å². The molecule has 0 aliphatic heterocycles. The van der Waals surface area contributed by atoms with E-state index >= 15 is 0 Å². The lowest BCUT2D eigenvalue weighted by Gasteiger charge is -2.16. The Balaban J connectivity index is 1.56. The molecule has 1 heterocycles. The molecule has 4 heteroatoms. The van der Waals surface area contributed by atoms with Crippen molar-refractivity contribution in [2.75, 3.05) is 18.5 Å². The van der Waals surface area contributed by atoms with Crippen LogP contribution in [0, 0.1) is 17.8 Å². The van der Waals surface area contributed by atoms with E-state index < -0.39 is 0 Å².